The maximum absolute atomic E-state index is 5.55. The van der Waals surface area contributed by atoms with Crippen molar-refractivity contribution in [3.8, 4) is 11.6 Å². The van der Waals surface area contributed by atoms with Crippen LogP contribution in [-0.4, -0.2) is 21.2 Å². The number of hydrogen-bond acceptors (Lipinski definition) is 5. The van der Waals surface area contributed by atoms with Crippen molar-refractivity contribution in [2.24, 2.45) is 0 Å². The molecule has 1 aliphatic rings. The van der Waals surface area contributed by atoms with Crippen LogP contribution >= 0.6 is 15.9 Å². The molecule has 2 aromatic rings. The summed E-state index contributed by atoms with van der Waals surface area (Å²) in [6.07, 6.45) is 4.19. The first kappa shape index (κ1) is 10.9. The molecule has 1 N–H and O–H groups in total. The van der Waals surface area contributed by atoms with Crippen LogP contribution in [0.5, 0.6) is 0 Å². The zero-order chi connectivity index (χ0) is 11.7. The molecule has 88 valence electrons. The molecule has 0 atom stereocenters. The van der Waals surface area contributed by atoms with E-state index in [0.717, 1.165) is 4.47 Å². The van der Waals surface area contributed by atoms with Crippen LogP contribution in [0.2, 0.25) is 0 Å². The number of halogens is 1. The summed E-state index contributed by atoms with van der Waals surface area (Å²) >= 11 is 3.41. The Morgan fingerprint density at radius 3 is 3.06 bits per heavy atom. The van der Waals surface area contributed by atoms with Crippen LogP contribution in [-0.2, 0) is 6.54 Å². The van der Waals surface area contributed by atoms with E-state index < -0.39 is 0 Å². The number of pyridine rings is 1. The highest BCUT2D eigenvalue weighted by Crippen LogP contribution is 2.24. The van der Waals surface area contributed by atoms with E-state index in [4.69, 9.17) is 4.42 Å². The van der Waals surface area contributed by atoms with Gasteiger partial charge in [-0.05, 0) is 40.9 Å². The number of nitrogens with zero attached hydrogens (tertiary/aromatic N) is 3. The number of hydrogen-bond donors (Lipinski definition) is 1. The molecular formula is C11H11BrN4O. The Bertz CT molecular complexity index is 524. The van der Waals surface area contributed by atoms with E-state index >= 15 is 0 Å². The first-order valence-corrected chi connectivity index (χ1v) is 6.29. The van der Waals surface area contributed by atoms with Gasteiger partial charge in [0.1, 0.15) is 5.69 Å². The second-order valence-corrected chi connectivity index (χ2v) is 4.84. The lowest BCUT2D eigenvalue weighted by Crippen LogP contribution is -2.15. The van der Waals surface area contributed by atoms with Gasteiger partial charge in [-0.15, -0.1) is 10.2 Å². The van der Waals surface area contributed by atoms with Gasteiger partial charge < -0.3 is 9.73 Å². The topological polar surface area (TPSA) is 63.8 Å². The average molecular weight is 295 g/mol. The highest BCUT2D eigenvalue weighted by Gasteiger charge is 2.21. The van der Waals surface area contributed by atoms with Gasteiger partial charge in [0.2, 0.25) is 5.89 Å². The Kier molecular flexibility index (Phi) is 2.90. The second-order valence-electron chi connectivity index (χ2n) is 3.99. The van der Waals surface area contributed by atoms with Crippen LogP contribution in [0.4, 0.5) is 0 Å². The molecule has 5 nitrogen and oxygen atoms in total. The van der Waals surface area contributed by atoms with Gasteiger partial charge in [-0.2, -0.15) is 0 Å². The monoisotopic (exact) mass is 294 g/mol. The summed E-state index contributed by atoms with van der Waals surface area (Å²) in [5, 5.41) is 11.3. The number of aromatic nitrogens is 3. The lowest BCUT2D eigenvalue weighted by molar-refractivity contribution is 0.475. The van der Waals surface area contributed by atoms with Gasteiger partial charge >= 0.3 is 0 Å². The average Bonchev–Trinajstić information content (AvgIpc) is 3.06. The molecule has 1 fully saturated rings. The zero-order valence-corrected chi connectivity index (χ0v) is 10.6. The fraction of sp³-hybridized carbons (Fsp3) is 0.364. The van der Waals surface area contributed by atoms with Crippen molar-refractivity contribution in [2.75, 3.05) is 0 Å². The van der Waals surface area contributed by atoms with Crippen molar-refractivity contribution >= 4 is 15.9 Å². The first-order chi connectivity index (χ1) is 8.33. The van der Waals surface area contributed by atoms with Crippen LogP contribution in [0.1, 0.15) is 18.7 Å². The van der Waals surface area contributed by atoms with Crippen molar-refractivity contribution in [3.05, 3.63) is 28.7 Å². The van der Waals surface area contributed by atoms with Crippen molar-refractivity contribution in [1.82, 2.24) is 20.5 Å². The highest BCUT2D eigenvalue weighted by atomic mass is 79.9. The van der Waals surface area contributed by atoms with E-state index in [-0.39, 0.29) is 0 Å². The normalized spacial score (nSPS) is 15.1. The maximum Gasteiger partial charge on any atom is 0.267 e. The molecule has 3 rings (SSSR count). The quantitative estimate of drug-likeness (QED) is 0.936. The lowest BCUT2D eigenvalue weighted by Gasteiger charge is -1.97. The van der Waals surface area contributed by atoms with Crippen LogP contribution < -0.4 is 5.32 Å². The smallest absolute Gasteiger partial charge is 0.267 e. The van der Waals surface area contributed by atoms with Crippen molar-refractivity contribution in [3.63, 3.8) is 0 Å². The Balaban J connectivity index is 1.77. The number of nitrogens with one attached hydrogen (secondary N) is 1. The van der Waals surface area contributed by atoms with E-state index in [0.29, 0.717) is 30.1 Å². The van der Waals surface area contributed by atoms with E-state index in [1.807, 2.05) is 12.1 Å². The Morgan fingerprint density at radius 2 is 2.29 bits per heavy atom. The Hall–Kier alpha value is -1.27. The molecular weight excluding hydrogens is 284 g/mol. The van der Waals surface area contributed by atoms with Gasteiger partial charge in [0, 0.05) is 16.7 Å². The zero-order valence-electron chi connectivity index (χ0n) is 9.06. The van der Waals surface area contributed by atoms with Crippen LogP contribution in [0.25, 0.3) is 11.6 Å². The lowest BCUT2D eigenvalue weighted by atomic mass is 10.3. The molecule has 0 saturated heterocycles. The minimum Gasteiger partial charge on any atom is -0.418 e. The van der Waals surface area contributed by atoms with Crippen LogP contribution in [0, 0.1) is 0 Å². The standard InChI is InChI=1S/C11H11BrN4O/c12-8-2-1-5-13-10(8)11-16-15-9(17-11)6-14-7-3-4-7/h1-2,5,7,14H,3-4,6H2. The minimum atomic E-state index is 0.449. The van der Waals surface area contributed by atoms with Gasteiger partial charge in [-0.3, -0.25) is 0 Å². The fourth-order valence-corrected chi connectivity index (χ4v) is 1.91. The highest BCUT2D eigenvalue weighted by molar-refractivity contribution is 9.10. The molecule has 0 aromatic carbocycles. The van der Waals surface area contributed by atoms with E-state index in [1.54, 1.807) is 6.20 Å². The minimum absolute atomic E-state index is 0.449. The summed E-state index contributed by atoms with van der Waals surface area (Å²) in [5.41, 5.74) is 0.678. The van der Waals surface area contributed by atoms with E-state index in [9.17, 15) is 0 Å². The van der Waals surface area contributed by atoms with Gasteiger partial charge in [0.25, 0.3) is 5.89 Å². The molecule has 17 heavy (non-hydrogen) atoms. The van der Waals surface area contributed by atoms with E-state index in [2.05, 4.69) is 36.4 Å². The van der Waals surface area contributed by atoms with Gasteiger partial charge in [-0.25, -0.2) is 4.98 Å². The maximum atomic E-state index is 5.55. The van der Waals surface area contributed by atoms with Crippen molar-refractivity contribution in [1.29, 1.82) is 0 Å². The molecule has 0 bridgehead atoms. The van der Waals surface area contributed by atoms with Crippen molar-refractivity contribution < 1.29 is 4.42 Å². The molecule has 1 aliphatic carbocycles. The summed E-state index contributed by atoms with van der Waals surface area (Å²) in [5.74, 6) is 1.05. The second kappa shape index (κ2) is 4.54. The number of rotatable bonds is 4. The summed E-state index contributed by atoms with van der Waals surface area (Å²) < 4.78 is 6.40. The summed E-state index contributed by atoms with van der Waals surface area (Å²) in [6, 6.07) is 4.38. The Morgan fingerprint density at radius 1 is 1.41 bits per heavy atom. The molecule has 0 spiro atoms. The van der Waals surface area contributed by atoms with E-state index in [1.165, 1.54) is 12.8 Å². The van der Waals surface area contributed by atoms with Crippen molar-refractivity contribution in [2.45, 2.75) is 25.4 Å². The fourth-order valence-electron chi connectivity index (χ4n) is 1.48. The van der Waals surface area contributed by atoms with Gasteiger partial charge in [0.05, 0.1) is 6.54 Å². The van der Waals surface area contributed by atoms with Gasteiger partial charge in [-0.1, -0.05) is 0 Å². The SMILES string of the molecule is Brc1cccnc1-c1nnc(CNC2CC2)o1. The molecule has 1 saturated carbocycles. The molecule has 6 heteroatoms. The third-order valence-electron chi connectivity index (χ3n) is 2.55. The third-order valence-corrected chi connectivity index (χ3v) is 3.19. The summed E-state index contributed by atoms with van der Waals surface area (Å²) in [4.78, 5) is 4.21. The molecule has 0 amide bonds. The summed E-state index contributed by atoms with van der Waals surface area (Å²) in [6.45, 7) is 0.627. The van der Waals surface area contributed by atoms with Gasteiger partial charge in [0.15, 0.2) is 0 Å². The predicted molar refractivity (Wildman–Crippen MR) is 65.1 cm³/mol. The molecule has 2 heterocycles. The molecule has 0 radical (unpaired) electrons. The third kappa shape index (κ3) is 2.53. The predicted octanol–water partition coefficient (Wildman–Crippen LogP) is 2.15. The first-order valence-electron chi connectivity index (χ1n) is 5.49. The van der Waals surface area contributed by atoms with Crippen LogP contribution in [0.3, 0.4) is 0 Å². The summed E-state index contributed by atoms with van der Waals surface area (Å²) in [7, 11) is 0. The largest absolute Gasteiger partial charge is 0.418 e. The molecule has 0 unspecified atom stereocenters. The van der Waals surface area contributed by atoms with Crippen LogP contribution in [0.15, 0.2) is 27.2 Å². The molecule has 2 aromatic heterocycles. The Labute approximate surface area is 107 Å². The molecule has 0 aliphatic heterocycles.